The van der Waals surface area contributed by atoms with Crippen LogP contribution in [0.2, 0.25) is 0 Å². The zero-order valence-electron chi connectivity index (χ0n) is 15.1. The summed E-state index contributed by atoms with van der Waals surface area (Å²) in [6.45, 7) is 0. The molecule has 8 nitrogen and oxygen atoms in total. The first kappa shape index (κ1) is 19.0. The maximum atomic E-state index is 12.2. The number of carbonyl (C=O) groups is 1. The molecule has 2 aromatic rings. The first-order chi connectivity index (χ1) is 12.9. The number of carbonyl (C=O) groups excluding carboxylic acids is 1. The molecule has 144 valence electrons. The van der Waals surface area contributed by atoms with E-state index < -0.39 is 9.84 Å². The summed E-state index contributed by atoms with van der Waals surface area (Å²) in [5.74, 6) is 0.994. The molecule has 1 amide bonds. The predicted octanol–water partition coefficient (Wildman–Crippen LogP) is 1.76. The molecule has 9 heteroatoms. The molecule has 1 aromatic carbocycles. The molecule has 1 aliphatic rings. The summed E-state index contributed by atoms with van der Waals surface area (Å²) in [6, 6.07) is 8.32. The summed E-state index contributed by atoms with van der Waals surface area (Å²) < 4.78 is 33.5. The number of hydrogen-bond acceptors (Lipinski definition) is 7. The van der Waals surface area contributed by atoms with Crippen LogP contribution in [-0.4, -0.2) is 51.1 Å². The average Bonchev–Trinajstić information content (AvgIpc) is 3.00. The number of anilines is 2. The van der Waals surface area contributed by atoms with Gasteiger partial charge < -0.3 is 20.1 Å². The molecule has 0 radical (unpaired) electrons. The van der Waals surface area contributed by atoms with Crippen LogP contribution in [0.4, 0.5) is 11.4 Å². The second-order valence-corrected chi connectivity index (χ2v) is 8.43. The molecule has 2 heterocycles. The van der Waals surface area contributed by atoms with Gasteiger partial charge in [-0.3, -0.25) is 4.79 Å². The van der Waals surface area contributed by atoms with Crippen molar-refractivity contribution in [2.75, 3.05) is 31.0 Å². The molecule has 0 saturated carbocycles. The summed E-state index contributed by atoms with van der Waals surface area (Å²) in [6.07, 6.45) is 1.97. The van der Waals surface area contributed by atoms with Crippen LogP contribution in [0.5, 0.6) is 11.5 Å². The van der Waals surface area contributed by atoms with Gasteiger partial charge in [-0.25, -0.2) is 13.4 Å². The van der Waals surface area contributed by atoms with Crippen molar-refractivity contribution in [2.24, 2.45) is 0 Å². The topological polar surface area (TPSA) is 107 Å². The Labute approximate surface area is 157 Å². The van der Waals surface area contributed by atoms with Crippen LogP contribution in [0.3, 0.4) is 0 Å². The van der Waals surface area contributed by atoms with Crippen molar-refractivity contribution < 1.29 is 22.7 Å². The Morgan fingerprint density at radius 2 is 2.00 bits per heavy atom. The van der Waals surface area contributed by atoms with E-state index in [1.165, 1.54) is 6.20 Å². The number of nitrogens with one attached hydrogen (secondary N) is 2. The Morgan fingerprint density at radius 3 is 2.59 bits per heavy atom. The van der Waals surface area contributed by atoms with E-state index in [4.69, 9.17) is 9.47 Å². The number of nitrogens with zero attached hydrogens (tertiary/aromatic N) is 1. The monoisotopic (exact) mass is 391 g/mol. The largest absolute Gasteiger partial charge is 0.497 e. The smallest absolute Gasteiger partial charge is 0.270 e. The minimum Gasteiger partial charge on any atom is -0.497 e. The molecular formula is C18H21N3O5S. The first-order valence-electron chi connectivity index (χ1n) is 8.36. The van der Waals surface area contributed by atoms with E-state index in [-0.39, 0.29) is 29.1 Å². The van der Waals surface area contributed by atoms with Crippen molar-refractivity contribution in [1.29, 1.82) is 0 Å². The van der Waals surface area contributed by atoms with Gasteiger partial charge in [-0.15, -0.1) is 0 Å². The summed E-state index contributed by atoms with van der Waals surface area (Å²) in [4.78, 5) is 16.4. The predicted molar refractivity (Wildman–Crippen MR) is 102 cm³/mol. The SMILES string of the molecule is COc1ccc(Nc2ccc(C(=O)NC3CCS(=O)(=O)C3)nc2)c(OC)c1. The van der Waals surface area contributed by atoms with E-state index in [2.05, 4.69) is 15.6 Å². The molecule has 3 rings (SSSR count). The van der Waals surface area contributed by atoms with Gasteiger partial charge in [0.05, 0.1) is 43.3 Å². The second kappa shape index (κ2) is 7.83. The van der Waals surface area contributed by atoms with E-state index in [9.17, 15) is 13.2 Å². The highest BCUT2D eigenvalue weighted by Gasteiger charge is 2.29. The molecule has 0 spiro atoms. The third-order valence-electron chi connectivity index (χ3n) is 4.25. The minimum atomic E-state index is -3.04. The first-order valence-corrected chi connectivity index (χ1v) is 10.2. The molecular weight excluding hydrogens is 370 g/mol. The highest BCUT2D eigenvalue weighted by molar-refractivity contribution is 7.91. The van der Waals surface area contributed by atoms with E-state index in [1.54, 1.807) is 38.5 Å². The summed E-state index contributed by atoms with van der Waals surface area (Å²) in [5, 5.41) is 5.89. The number of amides is 1. The van der Waals surface area contributed by atoms with Gasteiger partial charge in [0.1, 0.15) is 17.2 Å². The lowest BCUT2D eigenvalue weighted by atomic mass is 10.2. The molecule has 0 aliphatic carbocycles. The Hall–Kier alpha value is -2.81. The fourth-order valence-corrected chi connectivity index (χ4v) is 4.50. The lowest BCUT2D eigenvalue weighted by molar-refractivity contribution is 0.0936. The van der Waals surface area contributed by atoms with E-state index in [0.717, 1.165) is 5.69 Å². The molecule has 27 heavy (non-hydrogen) atoms. The standard InChI is InChI=1S/C18H21N3O5S/c1-25-14-4-6-15(17(9-14)26-2)20-12-3-5-16(19-10-12)18(22)21-13-7-8-27(23,24)11-13/h3-6,9-10,13,20H,7-8,11H2,1-2H3,(H,21,22). The van der Waals surface area contributed by atoms with Gasteiger partial charge in [-0.05, 0) is 30.7 Å². The van der Waals surface area contributed by atoms with Crippen LogP contribution in [0, 0.1) is 0 Å². The van der Waals surface area contributed by atoms with Crippen LogP contribution in [-0.2, 0) is 9.84 Å². The van der Waals surface area contributed by atoms with Crippen molar-refractivity contribution in [2.45, 2.75) is 12.5 Å². The number of aromatic nitrogens is 1. The molecule has 1 unspecified atom stereocenters. The average molecular weight is 391 g/mol. The normalized spacial score (nSPS) is 17.9. The minimum absolute atomic E-state index is 0.0182. The summed E-state index contributed by atoms with van der Waals surface area (Å²) in [7, 11) is 0.102. The summed E-state index contributed by atoms with van der Waals surface area (Å²) >= 11 is 0. The zero-order valence-corrected chi connectivity index (χ0v) is 15.9. The zero-order chi connectivity index (χ0) is 19.4. The highest BCUT2D eigenvalue weighted by Crippen LogP contribution is 2.31. The van der Waals surface area contributed by atoms with Gasteiger partial charge >= 0.3 is 0 Å². The van der Waals surface area contributed by atoms with Crippen LogP contribution in [0.25, 0.3) is 0 Å². The lowest BCUT2D eigenvalue weighted by Crippen LogP contribution is -2.36. The highest BCUT2D eigenvalue weighted by atomic mass is 32.2. The number of sulfone groups is 1. The molecule has 1 atom stereocenters. The van der Waals surface area contributed by atoms with Gasteiger partial charge in [-0.1, -0.05) is 0 Å². The van der Waals surface area contributed by atoms with Gasteiger partial charge in [0.15, 0.2) is 9.84 Å². The number of benzene rings is 1. The summed E-state index contributed by atoms with van der Waals surface area (Å²) in [5.41, 5.74) is 1.64. The molecule has 1 aromatic heterocycles. The number of ether oxygens (including phenoxy) is 2. The van der Waals surface area contributed by atoms with Gasteiger partial charge in [0.2, 0.25) is 0 Å². The maximum absolute atomic E-state index is 12.2. The maximum Gasteiger partial charge on any atom is 0.270 e. The Kier molecular flexibility index (Phi) is 5.50. The number of hydrogen-bond donors (Lipinski definition) is 2. The van der Waals surface area contributed by atoms with Crippen LogP contribution >= 0.6 is 0 Å². The van der Waals surface area contributed by atoms with Crippen molar-refractivity contribution in [3.63, 3.8) is 0 Å². The van der Waals surface area contributed by atoms with Gasteiger partial charge in [0.25, 0.3) is 5.91 Å². The van der Waals surface area contributed by atoms with Crippen molar-refractivity contribution >= 4 is 27.1 Å². The molecule has 2 N–H and O–H groups in total. The van der Waals surface area contributed by atoms with E-state index >= 15 is 0 Å². The Balaban J connectivity index is 1.66. The van der Waals surface area contributed by atoms with Crippen molar-refractivity contribution in [3.05, 3.63) is 42.2 Å². The Bertz CT molecular complexity index is 929. The van der Waals surface area contributed by atoms with E-state index in [0.29, 0.717) is 23.6 Å². The lowest BCUT2D eigenvalue weighted by Gasteiger charge is -2.13. The number of pyridine rings is 1. The van der Waals surface area contributed by atoms with Gasteiger partial charge in [-0.2, -0.15) is 0 Å². The molecule has 1 aliphatic heterocycles. The van der Waals surface area contributed by atoms with Crippen molar-refractivity contribution in [3.8, 4) is 11.5 Å². The van der Waals surface area contributed by atoms with Crippen LogP contribution < -0.4 is 20.1 Å². The van der Waals surface area contributed by atoms with Gasteiger partial charge in [0, 0.05) is 12.1 Å². The number of rotatable bonds is 6. The third-order valence-corrected chi connectivity index (χ3v) is 6.02. The van der Waals surface area contributed by atoms with Crippen LogP contribution in [0.1, 0.15) is 16.9 Å². The molecule has 1 fully saturated rings. The molecule has 0 bridgehead atoms. The number of methoxy groups -OCH3 is 2. The second-order valence-electron chi connectivity index (χ2n) is 6.20. The van der Waals surface area contributed by atoms with E-state index in [1.807, 2.05) is 6.07 Å². The van der Waals surface area contributed by atoms with Crippen molar-refractivity contribution in [1.82, 2.24) is 10.3 Å². The Morgan fingerprint density at radius 1 is 1.19 bits per heavy atom. The van der Waals surface area contributed by atoms with Crippen LogP contribution in [0.15, 0.2) is 36.5 Å². The quantitative estimate of drug-likeness (QED) is 0.773. The fourth-order valence-electron chi connectivity index (χ4n) is 2.83. The third kappa shape index (κ3) is 4.68. The molecule has 1 saturated heterocycles. The fraction of sp³-hybridized carbons (Fsp3) is 0.333.